The predicted molar refractivity (Wildman–Crippen MR) is 177 cm³/mol. The third kappa shape index (κ3) is 7.63. The monoisotopic (exact) mass is 656 g/mol. The number of rotatable bonds is 12. The zero-order valence-corrected chi connectivity index (χ0v) is 27.7. The molecule has 11 heteroatoms. The number of ether oxygens (including phenoxy) is 5. The number of hydrogen-bond acceptors (Lipinski definition) is 10. The van der Waals surface area contributed by atoms with Gasteiger partial charge in [-0.3, -0.25) is 9.36 Å². The molecule has 10 nitrogen and oxygen atoms in total. The molecule has 0 unspecified atom stereocenters. The Morgan fingerprint density at radius 3 is 2.43 bits per heavy atom. The number of allylic oxidation sites excluding steroid dienone is 1. The first-order valence-electron chi connectivity index (χ1n) is 15.2. The minimum Gasteiger partial charge on any atom is -0.490 e. The fourth-order valence-corrected chi connectivity index (χ4v) is 6.21. The number of carbonyl (C=O) groups excluding carboxylic acids is 2. The fourth-order valence-electron chi connectivity index (χ4n) is 5.17. The summed E-state index contributed by atoms with van der Waals surface area (Å²) in [5, 5.41) is 0. The highest BCUT2D eigenvalue weighted by atomic mass is 32.1. The molecule has 5 rings (SSSR count). The largest absolute Gasteiger partial charge is 0.490 e. The van der Waals surface area contributed by atoms with E-state index in [1.54, 1.807) is 38.1 Å². The average Bonchev–Trinajstić information content (AvgIpc) is 3.36. The molecule has 0 saturated carbocycles. The number of fused-ring (bicyclic) bond motifs is 1. The molecule has 244 valence electrons. The minimum atomic E-state index is -0.848. The van der Waals surface area contributed by atoms with Gasteiger partial charge < -0.3 is 23.7 Å². The van der Waals surface area contributed by atoms with Gasteiger partial charge in [-0.2, -0.15) is 0 Å². The van der Waals surface area contributed by atoms with Crippen LogP contribution in [0.4, 0.5) is 0 Å². The number of benzene rings is 3. The number of methoxy groups -OCH3 is 1. The summed E-state index contributed by atoms with van der Waals surface area (Å²) < 4.78 is 29.5. The topological polar surface area (TPSA) is 115 Å². The molecule has 0 amide bonds. The molecular weight excluding hydrogens is 620 g/mol. The zero-order chi connectivity index (χ0) is 33.5. The third-order valence-corrected chi connectivity index (χ3v) is 8.32. The van der Waals surface area contributed by atoms with Crippen LogP contribution in [0.3, 0.4) is 0 Å². The quantitative estimate of drug-likeness (QED) is 0.203. The van der Waals surface area contributed by atoms with Crippen molar-refractivity contribution in [3.8, 4) is 17.2 Å². The molecule has 0 spiro atoms. The van der Waals surface area contributed by atoms with Crippen molar-refractivity contribution in [1.82, 2.24) is 4.57 Å². The summed E-state index contributed by atoms with van der Waals surface area (Å²) in [7, 11) is 1.27. The van der Waals surface area contributed by atoms with Crippen molar-refractivity contribution in [1.29, 1.82) is 0 Å². The average molecular weight is 657 g/mol. The van der Waals surface area contributed by atoms with Crippen LogP contribution in [0.15, 0.2) is 87.8 Å². The first kappa shape index (κ1) is 33.2. The van der Waals surface area contributed by atoms with Gasteiger partial charge in [0.2, 0.25) is 0 Å². The van der Waals surface area contributed by atoms with Crippen molar-refractivity contribution < 1.29 is 33.3 Å². The summed E-state index contributed by atoms with van der Waals surface area (Å²) in [5.41, 5.74) is 4.02. The van der Waals surface area contributed by atoms with Crippen LogP contribution in [0, 0.1) is 6.92 Å². The maximum atomic E-state index is 14.1. The first-order chi connectivity index (χ1) is 22.7. The van der Waals surface area contributed by atoms with Crippen LogP contribution >= 0.6 is 11.3 Å². The van der Waals surface area contributed by atoms with E-state index in [1.165, 1.54) is 28.6 Å². The van der Waals surface area contributed by atoms with E-state index in [-0.39, 0.29) is 24.3 Å². The Kier molecular flexibility index (Phi) is 10.6. The van der Waals surface area contributed by atoms with E-state index in [9.17, 15) is 14.4 Å². The Bertz CT molecular complexity index is 1990. The van der Waals surface area contributed by atoms with E-state index in [2.05, 4.69) is 15.8 Å². The summed E-state index contributed by atoms with van der Waals surface area (Å²) in [6.45, 7) is 7.92. The van der Waals surface area contributed by atoms with Gasteiger partial charge in [-0.05, 0) is 74.7 Å². The second-order valence-electron chi connectivity index (χ2n) is 10.7. The van der Waals surface area contributed by atoms with Gasteiger partial charge in [-0.15, -0.1) is 0 Å². The predicted octanol–water partition coefficient (Wildman–Crippen LogP) is 4.64. The van der Waals surface area contributed by atoms with Crippen LogP contribution in [-0.2, 0) is 25.7 Å². The highest BCUT2D eigenvalue weighted by molar-refractivity contribution is 7.07. The standard InChI is InChI=1S/C36H36N2O8S/c1-6-43-29-19-26(13-16-28(29)46-21-31(39)42-5)33-32(35(41)44-7-2)23(4)37-36-38(33)34(40)30(47-36)18-24-11-14-27(15-12-24)45-20-25-10-8-9-22(3)17-25/h8-19,33H,6-7,20-21H2,1-5H3/b30-18-/t33-/m0/s1. The third-order valence-electron chi connectivity index (χ3n) is 7.34. The Labute approximate surface area is 276 Å². The summed E-state index contributed by atoms with van der Waals surface area (Å²) in [6.07, 6.45) is 1.80. The van der Waals surface area contributed by atoms with Gasteiger partial charge in [0.25, 0.3) is 5.56 Å². The van der Waals surface area contributed by atoms with Crippen LogP contribution in [0.2, 0.25) is 0 Å². The van der Waals surface area contributed by atoms with Crippen LogP contribution in [-0.4, -0.2) is 43.4 Å². The van der Waals surface area contributed by atoms with Gasteiger partial charge in [-0.1, -0.05) is 59.4 Å². The van der Waals surface area contributed by atoms with Crippen LogP contribution in [0.1, 0.15) is 49.1 Å². The molecule has 0 N–H and O–H groups in total. The van der Waals surface area contributed by atoms with Crippen LogP contribution in [0.25, 0.3) is 6.08 Å². The molecule has 2 heterocycles. The molecule has 1 aliphatic rings. The van der Waals surface area contributed by atoms with Crippen molar-refractivity contribution in [2.45, 2.75) is 40.3 Å². The molecule has 1 aliphatic heterocycles. The summed E-state index contributed by atoms with van der Waals surface area (Å²) in [5.74, 6) is 0.259. The zero-order valence-electron chi connectivity index (χ0n) is 26.9. The Morgan fingerprint density at radius 1 is 0.936 bits per heavy atom. The number of thiazole rings is 1. The number of aryl methyl sites for hydroxylation is 1. The normalized spacial score (nSPS) is 14.2. The molecule has 1 atom stereocenters. The lowest BCUT2D eigenvalue weighted by atomic mass is 9.95. The molecule has 0 saturated heterocycles. The SMILES string of the molecule is CCOC(=O)C1=C(C)N=c2s/c(=C\c3ccc(OCc4cccc(C)c4)cc3)c(=O)n2[C@H]1c1ccc(OCC(=O)OC)c(OCC)c1. The molecule has 0 radical (unpaired) electrons. The number of aromatic nitrogens is 1. The highest BCUT2D eigenvalue weighted by Gasteiger charge is 2.34. The number of hydrogen-bond donors (Lipinski definition) is 0. The smallest absolute Gasteiger partial charge is 0.343 e. The van der Waals surface area contributed by atoms with Crippen LogP contribution < -0.4 is 29.1 Å². The lowest BCUT2D eigenvalue weighted by Crippen LogP contribution is -2.40. The van der Waals surface area contributed by atoms with E-state index >= 15 is 0 Å². The molecule has 4 aromatic rings. The molecule has 3 aromatic carbocycles. The molecular formula is C36H36N2O8S. The van der Waals surface area contributed by atoms with Crippen LogP contribution in [0.5, 0.6) is 17.2 Å². The first-order valence-corrected chi connectivity index (χ1v) is 16.0. The van der Waals surface area contributed by atoms with Gasteiger partial charge >= 0.3 is 11.9 Å². The lowest BCUT2D eigenvalue weighted by Gasteiger charge is -2.25. The van der Waals surface area contributed by atoms with Crippen molar-refractivity contribution in [3.05, 3.63) is 120 Å². The number of carbonyl (C=O) groups is 2. The maximum Gasteiger partial charge on any atom is 0.343 e. The van der Waals surface area contributed by atoms with Crippen molar-refractivity contribution in [2.75, 3.05) is 26.9 Å². The highest BCUT2D eigenvalue weighted by Crippen LogP contribution is 2.36. The minimum absolute atomic E-state index is 0.155. The second kappa shape index (κ2) is 15.0. The molecule has 0 bridgehead atoms. The van der Waals surface area contributed by atoms with Crippen molar-refractivity contribution in [3.63, 3.8) is 0 Å². The Balaban J connectivity index is 1.52. The van der Waals surface area contributed by atoms with E-state index in [0.29, 0.717) is 51.1 Å². The maximum absolute atomic E-state index is 14.1. The van der Waals surface area contributed by atoms with E-state index < -0.39 is 18.0 Å². The summed E-state index contributed by atoms with van der Waals surface area (Å²) >= 11 is 1.23. The molecule has 1 aromatic heterocycles. The Hall–Kier alpha value is -5.16. The number of nitrogens with zero attached hydrogens (tertiary/aromatic N) is 2. The molecule has 47 heavy (non-hydrogen) atoms. The molecule has 0 fully saturated rings. The van der Waals surface area contributed by atoms with Crippen molar-refractivity contribution >= 4 is 29.4 Å². The second-order valence-corrected chi connectivity index (χ2v) is 11.7. The Morgan fingerprint density at radius 2 is 1.72 bits per heavy atom. The summed E-state index contributed by atoms with van der Waals surface area (Å²) in [6, 6.07) is 19.9. The lowest BCUT2D eigenvalue weighted by molar-refractivity contribution is -0.143. The van der Waals surface area contributed by atoms with E-state index in [4.69, 9.17) is 18.9 Å². The van der Waals surface area contributed by atoms with E-state index in [0.717, 1.165) is 11.1 Å². The molecule has 0 aliphatic carbocycles. The number of esters is 2. The fraction of sp³-hybridized carbons (Fsp3) is 0.278. The van der Waals surface area contributed by atoms with E-state index in [1.807, 2.05) is 56.3 Å². The van der Waals surface area contributed by atoms with Gasteiger partial charge in [0.1, 0.15) is 12.4 Å². The van der Waals surface area contributed by atoms with Gasteiger partial charge in [0.15, 0.2) is 22.9 Å². The van der Waals surface area contributed by atoms with Crippen molar-refractivity contribution in [2.24, 2.45) is 4.99 Å². The van der Waals surface area contributed by atoms with Gasteiger partial charge in [0.05, 0.1) is 42.2 Å². The van der Waals surface area contributed by atoms with Gasteiger partial charge in [-0.25, -0.2) is 14.6 Å². The summed E-state index contributed by atoms with van der Waals surface area (Å²) in [4.78, 5) is 44.2. The van der Waals surface area contributed by atoms with Gasteiger partial charge in [0, 0.05) is 0 Å².